The highest BCUT2D eigenvalue weighted by Crippen LogP contribution is 2.29. The zero-order valence-electron chi connectivity index (χ0n) is 5.97. The molecule has 0 amide bonds. The van der Waals surface area contributed by atoms with E-state index in [1.54, 1.807) is 0 Å². The van der Waals surface area contributed by atoms with Gasteiger partial charge >= 0.3 is 0 Å². The first kappa shape index (κ1) is 6.58. The quantitative estimate of drug-likeness (QED) is 0.496. The van der Waals surface area contributed by atoms with Crippen LogP contribution in [0, 0.1) is 0 Å². The SMILES string of the molecule is C1CC2(CCO1)COCO2. The second-order valence-electron chi connectivity index (χ2n) is 2.91. The number of hydrogen-bond donors (Lipinski definition) is 0. The van der Waals surface area contributed by atoms with Crippen molar-refractivity contribution in [2.45, 2.75) is 18.4 Å². The van der Waals surface area contributed by atoms with E-state index >= 15 is 0 Å². The zero-order chi connectivity index (χ0) is 6.86. The van der Waals surface area contributed by atoms with Gasteiger partial charge in [0.25, 0.3) is 0 Å². The molecule has 3 nitrogen and oxygen atoms in total. The van der Waals surface area contributed by atoms with Crippen LogP contribution in [-0.4, -0.2) is 32.2 Å². The Morgan fingerprint density at radius 3 is 2.40 bits per heavy atom. The van der Waals surface area contributed by atoms with Crippen molar-refractivity contribution in [3.8, 4) is 0 Å². The molecule has 2 heterocycles. The van der Waals surface area contributed by atoms with Gasteiger partial charge in [0.2, 0.25) is 0 Å². The summed E-state index contributed by atoms with van der Waals surface area (Å²) in [4.78, 5) is 0. The number of ether oxygens (including phenoxy) is 3. The molecule has 0 atom stereocenters. The van der Waals surface area contributed by atoms with Crippen molar-refractivity contribution in [1.82, 2.24) is 0 Å². The predicted molar refractivity (Wildman–Crippen MR) is 34.7 cm³/mol. The Morgan fingerprint density at radius 1 is 1.00 bits per heavy atom. The second-order valence-corrected chi connectivity index (χ2v) is 2.91. The maximum absolute atomic E-state index is 5.48. The molecule has 2 saturated heterocycles. The average molecular weight is 144 g/mol. The number of rotatable bonds is 0. The van der Waals surface area contributed by atoms with Crippen molar-refractivity contribution < 1.29 is 14.2 Å². The van der Waals surface area contributed by atoms with E-state index in [9.17, 15) is 0 Å². The van der Waals surface area contributed by atoms with Gasteiger partial charge in [0, 0.05) is 26.1 Å². The Kier molecular flexibility index (Phi) is 1.64. The second kappa shape index (κ2) is 2.49. The Labute approximate surface area is 60.3 Å². The van der Waals surface area contributed by atoms with Crippen LogP contribution in [0.4, 0.5) is 0 Å². The lowest BCUT2D eigenvalue weighted by atomic mass is 9.96. The lowest BCUT2D eigenvalue weighted by molar-refractivity contribution is -0.0752. The van der Waals surface area contributed by atoms with E-state index in [2.05, 4.69) is 0 Å². The van der Waals surface area contributed by atoms with Gasteiger partial charge in [-0.15, -0.1) is 0 Å². The molecule has 0 bridgehead atoms. The summed E-state index contributed by atoms with van der Waals surface area (Å²) in [6.45, 7) is 2.88. The van der Waals surface area contributed by atoms with Crippen LogP contribution < -0.4 is 0 Å². The van der Waals surface area contributed by atoms with Crippen molar-refractivity contribution in [3.63, 3.8) is 0 Å². The molecule has 2 rings (SSSR count). The van der Waals surface area contributed by atoms with E-state index in [0.29, 0.717) is 6.79 Å². The molecule has 0 aromatic heterocycles. The van der Waals surface area contributed by atoms with Gasteiger partial charge in [0.05, 0.1) is 12.2 Å². The zero-order valence-corrected chi connectivity index (χ0v) is 5.97. The van der Waals surface area contributed by atoms with Gasteiger partial charge < -0.3 is 14.2 Å². The van der Waals surface area contributed by atoms with Crippen LogP contribution in [0.15, 0.2) is 0 Å². The van der Waals surface area contributed by atoms with E-state index in [0.717, 1.165) is 32.7 Å². The summed E-state index contributed by atoms with van der Waals surface area (Å²) in [5.74, 6) is 0. The fourth-order valence-corrected chi connectivity index (χ4v) is 1.47. The molecule has 0 aromatic carbocycles. The molecule has 10 heavy (non-hydrogen) atoms. The average Bonchev–Trinajstić information content (AvgIpc) is 2.39. The van der Waals surface area contributed by atoms with Crippen molar-refractivity contribution in [1.29, 1.82) is 0 Å². The van der Waals surface area contributed by atoms with Crippen LogP contribution >= 0.6 is 0 Å². The Hall–Kier alpha value is -0.120. The Morgan fingerprint density at radius 2 is 1.80 bits per heavy atom. The summed E-state index contributed by atoms with van der Waals surface area (Å²) < 4.78 is 15.9. The maximum atomic E-state index is 5.48. The molecule has 1 spiro atoms. The maximum Gasteiger partial charge on any atom is 0.147 e. The van der Waals surface area contributed by atoms with Gasteiger partial charge in [-0.25, -0.2) is 0 Å². The molecule has 0 saturated carbocycles. The van der Waals surface area contributed by atoms with E-state index in [1.807, 2.05) is 0 Å². The van der Waals surface area contributed by atoms with Crippen LogP contribution in [0.2, 0.25) is 0 Å². The molecule has 58 valence electrons. The van der Waals surface area contributed by atoms with Crippen molar-refractivity contribution in [2.24, 2.45) is 0 Å². The first-order valence-electron chi connectivity index (χ1n) is 3.71. The topological polar surface area (TPSA) is 27.7 Å². The molecular weight excluding hydrogens is 132 g/mol. The van der Waals surface area contributed by atoms with Gasteiger partial charge in [-0.05, 0) is 0 Å². The lowest BCUT2D eigenvalue weighted by Crippen LogP contribution is -2.38. The molecular formula is C7H12O3. The molecule has 2 fully saturated rings. The van der Waals surface area contributed by atoms with Crippen LogP contribution in [0.3, 0.4) is 0 Å². The summed E-state index contributed by atoms with van der Waals surface area (Å²) in [7, 11) is 0. The molecule has 0 N–H and O–H groups in total. The summed E-state index contributed by atoms with van der Waals surface area (Å²) in [6.07, 6.45) is 1.99. The van der Waals surface area contributed by atoms with Crippen LogP contribution in [-0.2, 0) is 14.2 Å². The minimum absolute atomic E-state index is 0.0260. The lowest BCUT2D eigenvalue weighted by Gasteiger charge is -2.30. The minimum atomic E-state index is 0.0260. The smallest absolute Gasteiger partial charge is 0.147 e. The van der Waals surface area contributed by atoms with Crippen LogP contribution in [0.25, 0.3) is 0 Å². The van der Waals surface area contributed by atoms with E-state index in [1.165, 1.54) is 0 Å². The van der Waals surface area contributed by atoms with Gasteiger partial charge in [0.15, 0.2) is 0 Å². The van der Waals surface area contributed by atoms with Crippen molar-refractivity contribution in [3.05, 3.63) is 0 Å². The molecule has 0 aliphatic carbocycles. The standard InChI is InChI=1S/C7H12O3/c1-3-8-4-2-7(1)5-9-6-10-7/h1-6H2. The first-order valence-corrected chi connectivity index (χ1v) is 3.71. The van der Waals surface area contributed by atoms with Crippen molar-refractivity contribution in [2.75, 3.05) is 26.6 Å². The third-order valence-corrected chi connectivity index (χ3v) is 2.22. The van der Waals surface area contributed by atoms with Gasteiger partial charge in [-0.2, -0.15) is 0 Å². The minimum Gasteiger partial charge on any atom is -0.381 e. The molecule has 2 aliphatic rings. The summed E-state index contributed by atoms with van der Waals surface area (Å²) in [5, 5.41) is 0. The highest BCUT2D eigenvalue weighted by Gasteiger charge is 2.37. The van der Waals surface area contributed by atoms with Gasteiger partial charge in [-0.1, -0.05) is 0 Å². The third kappa shape index (κ3) is 1.05. The van der Waals surface area contributed by atoms with E-state index in [-0.39, 0.29) is 5.60 Å². The monoisotopic (exact) mass is 144 g/mol. The fourth-order valence-electron chi connectivity index (χ4n) is 1.47. The predicted octanol–water partition coefficient (Wildman–Crippen LogP) is 0.540. The molecule has 2 aliphatic heterocycles. The molecule has 0 aromatic rings. The summed E-state index contributed by atoms with van der Waals surface area (Å²) in [6, 6.07) is 0. The van der Waals surface area contributed by atoms with Crippen molar-refractivity contribution >= 4 is 0 Å². The van der Waals surface area contributed by atoms with Crippen LogP contribution in [0.1, 0.15) is 12.8 Å². The van der Waals surface area contributed by atoms with E-state index in [4.69, 9.17) is 14.2 Å². The highest BCUT2D eigenvalue weighted by molar-refractivity contribution is 4.84. The molecule has 0 radical (unpaired) electrons. The fraction of sp³-hybridized carbons (Fsp3) is 1.00. The van der Waals surface area contributed by atoms with Crippen LogP contribution in [0.5, 0.6) is 0 Å². The Bertz CT molecular complexity index is 110. The molecule has 0 unspecified atom stereocenters. The highest BCUT2D eigenvalue weighted by atomic mass is 16.7. The number of hydrogen-bond acceptors (Lipinski definition) is 3. The Balaban J connectivity index is 1.98. The van der Waals surface area contributed by atoms with Gasteiger partial charge in [0.1, 0.15) is 6.79 Å². The summed E-state index contributed by atoms with van der Waals surface area (Å²) >= 11 is 0. The van der Waals surface area contributed by atoms with E-state index < -0.39 is 0 Å². The summed E-state index contributed by atoms with van der Waals surface area (Å²) in [5.41, 5.74) is 0.0260. The third-order valence-electron chi connectivity index (χ3n) is 2.22. The molecule has 3 heteroatoms. The van der Waals surface area contributed by atoms with Gasteiger partial charge in [-0.3, -0.25) is 0 Å². The normalized spacial score (nSPS) is 31.2. The first-order chi connectivity index (χ1) is 4.91. The largest absolute Gasteiger partial charge is 0.381 e.